The van der Waals surface area contributed by atoms with Gasteiger partial charge in [0.15, 0.2) is 0 Å². The standard InChI is InChI=1S/C16H29N3O/c1-4-10-17-16(15-12-18-19(3)13(15)2)9-5-7-14-8-6-11-20-14/h12,14,16-17H,4-11H2,1-3H3. The Morgan fingerprint density at radius 3 is 3.00 bits per heavy atom. The Balaban J connectivity index is 1.87. The number of nitrogens with zero attached hydrogens (tertiary/aromatic N) is 2. The van der Waals surface area contributed by atoms with Crippen LogP contribution < -0.4 is 5.32 Å². The number of hydrogen-bond donors (Lipinski definition) is 1. The lowest BCUT2D eigenvalue weighted by molar-refractivity contribution is 0.101. The maximum Gasteiger partial charge on any atom is 0.0576 e. The molecular formula is C16H29N3O. The lowest BCUT2D eigenvalue weighted by Crippen LogP contribution is -2.23. The smallest absolute Gasteiger partial charge is 0.0576 e. The highest BCUT2D eigenvalue weighted by Crippen LogP contribution is 2.25. The van der Waals surface area contributed by atoms with E-state index in [2.05, 4.69) is 24.3 Å². The molecule has 1 saturated heterocycles. The van der Waals surface area contributed by atoms with Crippen molar-refractivity contribution in [2.24, 2.45) is 7.05 Å². The van der Waals surface area contributed by atoms with E-state index in [1.807, 2.05) is 17.9 Å². The van der Waals surface area contributed by atoms with E-state index in [9.17, 15) is 0 Å². The molecule has 1 fully saturated rings. The van der Waals surface area contributed by atoms with E-state index in [0.29, 0.717) is 12.1 Å². The SMILES string of the molecule is CCCNC(CCCC1CCCO1)c1cnn(C)c1C. The zero-order valence-corrected chi connectivity index (χ0v) is 13.2. The number of aryl methyl sites for hydroxylation is 1. The van der Waals surface area contributed by atoms with Gasteiger partial charge in [0.05, 0.1) is 12.3 Å². The Morgan fingerprint density at radius 2 is 2.40 bits per heavy atom. The van der Waals surface area contributed by atoms with E-state index in [-0.39, 0.29) is 0 Å². The molecule has 2 unspecified atom stereocenters. The van der Waals surface area contributed by atoms with Gasteiger partial charge in [-0.15, -0.1) is 0 Å². The Morgan fingerprint density at radius 1 is 1.55 bits per heavy atom. The third-order valence-corrected chi connectivity index (χ3v) is 4.33. The molecule has 1 aromatic rings. The van der Waals surface area contributed by atoms with Crippen LogP contribution in [0.15, 0.2) is 6.20 Å². The first-order valence-corrected chi connectivity index (χ1v) is 8.05. The van der Waals surface area contributed by atoms with E-state index in [4.69, 9.17) is 4.74 Å². The van der Waals surface area contributed by atoms with Gasteiger partial charge < -0.3 is 10.1 Å². The number of rotatable bonds is 8. The summed E-state index contributed by atoms with van der Waals surface area (Å²) in [6, 6.07) is 0.435. The summed E-state index contributed by atoms with van der Waals surface area (Å²) in [5.41, 5.74) is 2.63. The Bertz CT molecular complexity index is 396. The van der Waals surface area contributed by atoms with Crippen LogP contribution in [0.2, 0.25) is 0 Å². The van der Waals surface area contributed by atoms with Crippen molar-refractivity contribution >= 4 is 0 Å². The maximum absolute atomic E-state index is 5.71. The monoisotopic (exact) mass is 279 g/mol. The molecule has 1 N–H and O–H groups in total. The van der Waals surface area contributed by atoms with Crippen LogP contribution in [0.3, 0.4) is 0 Å². The Labute approximate surface area is 122 Å². The summed E-state index contributed by atoms with van der Waals surface area (Å²) in [7, 11) is 2.02. The van der Waals surface area contributed by atoms with Crippen molar-refractivity contribution in [2.75, 3.05) is 13.2 Å². The van der Waals surface area contributed by atoms with Crippen LogP contribution in [0.25, 0.3) is 0 Å². The van der Waals surface area contributed by atoms with E-state index >= 15 is 0 Å². The Hall–Kier alpha value is -0.870. The second kappa shape index (κ2) is 7.79. The van der Waals surface area contributed by atoms with Crippen molar-refractivity contribution in [3.63, 3.8) is 0 Å². The van der Waals surface area contributed by atoms with Gasteiger partial charge in [-0.1, -0.05) is 6.92 Å². The van der Waals surface area contributed by atoms with Crippen molar-refractivity contribution in [3.8, 4) is 0 Å². The van der Waals surface area contributed by atoms with Crippen LogP contribution in [0.4, 0.5) is 0 Å². The van der Waals surface area contributed by atoms with Crippen molar-refractivity contribution in [2.45, 2.75) is 64.5 Å². The van der Waals surface area contributed by atoms with Gasteiger partial charge in [-0.3, -0.25) is 4.68 Å². The fourth-order valence-corrected chi connectivity index (χ4v) is 2.97. The molecule has 0 radical (unpaired) electrons. The van der Waals surface area contributed by atoms with Crippen LogP contribution in [-0.2, 0) is 11.8 Å². The molecule has 1 aromatic heterocycles. The number of ether oxygens (including phenoxy) is 1. The van der Waals surface area contributed by atoms with Gasteiger partial charge >= 0.3 is 0 Å². The summed E-state index contributed by atoms with van der Waals surface area (Å²) in [5, 5.41) is 8.05. The quantitative estimate of drug-likeness (QED) is 0.794. The first-order valence-electron chi connectivity index (χ1n) is 8.05. The number of aromatic nitrogens is 2. The first-order chi connectivity index (χ1) is 9.72. The van der Waals surface area contributed by atoms with Gasteiger partial charge in [0, 0.05) is 31.0 Å². The van der Waals surface area contributed by atoms with E-state index in [1.165, 1.54) is 49.8 Å². The zero-order valence-electron chi connectivity index (χ0n) is 13.2. The molecule has 114 valence electrons. The lowest BCUT2D eigenvalue weighted by Gasteiger charge is -2.19. The first kappa shape index (κ1) is 15.5. The molecule has 20 heavy (non-hydrogen) atoms. The van der Waals surface area contributed by atoms with E-state index < -0.39 is 0 Å². The van der Waals surface area contributed by atoms with Crippen molar-refractivity contribution in [1.29, 1.82) is 0 Å². The highest BCUT2D eigenvalue weighted by molar-refractivity contribution is 5.20. The summed E-state index contributed by atoms with van der Waals surface area (Å²) in [5.74, 6) is 0. The zero-order chi connectivity index (χ0) is 14.4. The third-order valence-electron chi connectivity index (χ3n) is 4.33. The molecule has 0 bridgehead atoms. The van der Waals surface area contributed by atoms with Gasteiger partial charge in [0.2, 0.25) is 0 Å². The largest absolute Gasteiger partial charge is 0.378 e. The second-order valence-electron chi connectivity index (χ2n) is 5.88. The average Bonchev–Trinajstić information content (AvgIpc) is 3.06. The summed E-state index contributed by atoms with van der Waals surface area (Å²) in [6.07, 6.45) is 9.78. The molecule has 0 amide bonds. The van der Waals surface area contributed by atoms with Crippen molar-refractivity contribution < 1.29 is 4.74 Å². The predicted molar refractivity (Wildman–Crippen MR) is 81.8 cm³/mol. The summed E-state index contributed by atoms with van der Waals surface area (Å²) in [6.45, 7) is 6.40. The molecule has 2 heterocycles. The summed E-state index contributed by atoms with van der Waals surface area (Å²) < 4.78 is 7.68. The fourth-order valence-electron chi connectivity index (χ4n) is 2.97. The number of hydrogen-bond acceptors (Lipinski definition) is 3. The highest BCUT2D eigenvalue weighted by Gasteiger charge is 2.19. The van der Waals surface area contributed by atoms with Gasteiger partial charge in [0.1, 0.15) is 0 Å². The van der Waals surface area contributed by atoms with Crippen LogP contribution >= 0.6 is 0 Å². The molecule has 4 heteroatoms. The average molecular weight is 279 g/mol. The molecule has 0 saturated carbocycles. The highest BCUT2D eigenvalue weighted by atomic mass is 16.5. The van der Waals surface area contributed by atoms with E-state index in [1.54, 1.807) is 0 Å². The van der Waals surface area contributed by atoms with Crippen LogP contribution in [0.1, 0.15) is 62.7 Å². The minimum Gasteiger partial charge on any atom is -0.378 e. The topological polar surface area (TPSA) is 39.1 Å². The maximum atomic E-state index is 5.71. The van der Waals surface area contributed by atoms with Gasteiger partial charge in [-0.2, -0.15) is 5.10 Å². The lowest BCUT2D eigenvalue weighted by atomic mass is 9.99. The van der Waals surface area contributed by atoms with Gasteiger partial charge in [-0.25, -0.2) is 0 Å². The molecule has 4 nitrogen and oxygen atoms in total. The van der Waals surface area contributed by atoms with E-state index in [0.717, 1.165) is 13.2 Å². The molecule has 0 aromatic carbocycles. The molecule has 2 rings (SSSR count). The second-order valence-corrected chi connectivity index (χ2v) is 5.88. The molecule has 1 aliphatic rings. The van der Waals surface area contributed by atoms with Crippen molar-refractivity contribution in [3.05, 3.63) is 17.5 Å². The normalized spacial score (nSPS) is 20.4. The van der Waals surface area contributed by atoms with Gasteiger partial charge in [-0.05, 0) is 52.0 Å². The predicted octanol–water partition coefficient (Wildman–Crippen LogP) is 3.12. The minimum absolute atomic E-state index is 0.435. The Kier molecular flexibility index (Phi) is 6.05. The molecule has 1 aliphatic heterocycles. The van der Waals surface area contributed by atoms with Crippen LogP contribution in [0, 0.1) is 6.92 Å². The molecule has 2 atom stereocenters. The van der Waals surface area contributed by atoms with Crippen LogP contribution in [-0.4, -0.2) is 29.0 Å². The third kappa shape index (κ3) is 4.06. The van der Waals surface area contributed by atoms with Crippen molar-refractivity contribution in [1.82, 2.24) is 15.1 Å². The fraction of sp³-hybridized carbons (Fsp3) is 0.812. The summed E-state index contributed by atoms with van der Waals surface area (Å²) in [4.78, 5) is 0. The molecule has 0 aliphatic carbocycles. The minimum atomic E-state index is 0.435. The summed E-state index contributed by atoms with van der Waals surface area (Å²) >= 11 is 0. The van der Waals surface area contributed by atoms with Gasteiger partial charge in [0.25, 0.3) is 0 Å². The number of nitrogens with one attached hydrogen (secondary N) is 1. The molecular weight excluding hydrogens is 250 g/mol. The van der Waals surface area contributed by atoms with Crippen LogP contribution in [0.5, 0.6) is 0 Å². The molecule has 0 spiro atoms.